The summed E-state index contributed by atoms with van der Waals surface area (Å²) in [6, 6.07) is 3.66. The molecule has 5 heteroatoms. The first-order chi connectivity index (χ1) is 9.10. The van der Waals surface area contributed by atoms with Gasteiger partial charge in [-0.05, 0) is 31.5 Å². The first kappa shape index (κ1) is 13.6. The van der Waals surface area contributed by atoms with E-state index in [0.29, 0.717) is 22.9 Å². The summed E-state index contributed by atoms with van der Waals surface area (Å²) in [4.78, 5) is 16.2. The summed E-state index contributed by atoms with van der Waals surface area (Å²) in [6.07, 6.45) is 1.52. The van der Waals surface area contributed by atoms with E-state index in [1.54, 1.807) is 20.0 Å². The highest BCUT2D eigenvalue weighted by Gasteiger charge is 2.16. The second-order valence-electron chi connectivity index (χ2n) is 4.09. The number of halogens is 1. The topological polar surface area (TPSA) is 51.2 Å². The van der Waals surface area contributed by atoms with E-state index in [1.807, 2.05) is 13.0 Å². The molecule has 2 aromatic rings. The van der Waals surface area contributed by atoms with Crippen LogP contribution in [-0.2, 0) is 4.74 Å². The number of nitrogens with one attached hydrogen (secondary N) is 1. The molecule has 1 heterocycles. The van der Waals surface area contributed by atoms with Crippen LogP contribution in [-0.4, -0.2) is 24.6 Å². The van der Waals surface area contributed by atoms with Gasteiger partial charge < -0.3 is 10.1 Å². The summed E-state index contributed by atoms with van der Waals surface area (Å²) in [5, 5.41) is 4.56. The van der Waals surface area contributed by atoms with Crippen LogP contribution < -0.4 is 5.32 Å². The van der Waals surface area contributed by atoms with Gasteiger partial charge in [0.15, 0.2) is 0 Å². The van der Waals surface area contributed by atoms with Gasteiger partial charge in [-0.1, -0.05) is 11.6 Å². The number of aryl methyl sites for hydroxylation is 1. The molecule has 0 saturated heterocycles. The maximum Gasteiger partial charge on any atom is 0.341 e. The molecular weight excluding hydrogens is 264 g/mol. The first-order valence-corrected chi connectivity index (χ1v) is 6.40. The Morgan fingerprint density at radius 2 is 2.21 bits per heavy atom. The third-order valence-corrected chi connectivity index (χ3v) is 3.38. The number of carbonyl (C=O) groups is 1. The van der Waals surface area contributed by atoms with Gasteiger partial charge in [0.2, 0.25) is 0 Å². The van der Waals surface area contributed by atoms with Gasteiger partial charge in [0.25, 0.3) is 0 Å². The van der Waals surface area contributed by atoms with E-state index in [0.717, 1.165) is 16.5 Å². The quantitative estimate of drug-likeness (QED) is 0.874. The van der Waals surface area contributed by atoms with E-state index in [4.69, 9.17) is 16.3 Å². The van der Waals surface area contributed by atoms with Crippen LogP contribution in [0.15, 0.2) is 18.3 Å². The molecule has 0 aliphatic heterocycles. The maximum atomic E-state index is 11.9. The van der Waals surface area contributed by atoms with Gasteiger partial charge in [-0.25, -0.2) is 4.79 Å². The predicted molar refractivity (Wildman–Crippen MR) is 77.0 cm³/mol. The van der Waals surface area contributed by atoms with Gasteiger partial charge >= 0.3 is 5.97 Å². The lowest BCUT2D eigenvalue weighted by molar-refractivity contribution is 0.0527. The summed E-state index contributed by atoms with van der Waals surface area (Å²) >= 11 is 6.08. The average Bonchev–Trinajstić information content (AvgIpc) is 2.41. The van der Waals surface area contributed by atoms with Crippen molar-refractivity contribution in [3.8, 4) is 0 Å². The summed E-state index contributed by atoms with van der Waals surface area (Å²) in [5.41, 5.74) is 2.82. The van der Waals surface area contributed by atoms with E-state index >= 15 is 0 Å². The summed E-state index contributed by atoms with van der Waals surface area (Å²) in [5.74, 6) is -0.381. The molecule has 0 amide bonds. The van der Waals surface area contributed by atoms with Crippen LogP contribution in [0.3, 0.4) is 0 Å². The number of benzene rings is 1. The fourth-order valence-corrected chi connectivity index (χ4v) is 2.17. The molecular formula is C14H15ClN2O2. The fraction of sp³-hybridized carbons (Fsp3) is 0.286. The minimum Gasteiger partial charge on any atom is -0.462 e. The molecule has 0 saturated carbocycles. The second kappa shape index (κ2) is 5.45. The van der Waals surface area contributed by atoms with Crippen LogP contribution in [0, 0.1) is 6.92 Å². The number of hydrogen-bond acceptors (Lipinski definition) is 4. The molecule has 0 fully saturated rings. The minimum atomic E-state index is -0.381. The van der Waals surface area contributed by atoms with E-state index in [1.165, 1.54) is 6.20 Å². The smallest absolute Gasteiger partial charge is 0.341 e. The van der Waals surface area contributed by atoms with Crippen molar-refractivity contribution in [2.45, 2.75) is 13.8 Å². The van der Waals surface area contributed by atoms with Gasteiger partial charge in [-0.2, -0.15) is 0 Å². The monoisotopic (exact) mass is 278 g/mol. The lowest BCUT2D eigenvalue weighted by atomic mass is 10.1. The van der Waals surface area contributed by atoms with E-state index < -0.39 is 0 Å². The third-order valence-electron chi connectivity index (χ3n) is 2.97. The number of pyridine rings is 1. The molecule has 1 aromatic heterocycles. The Bertz CT molecular complexity index is 641. The van der Waals surface area contributed by atoms with Crippen molar-refractivity contribution in [1.29, 1.82) is 0 Å². The van der Waals surface area contributed by atoms with Gasteiger partial charge in [0.1, 0.15) is 5.56 Å². The van der Waals surface area contributed by atoms with E-state index in [-0.39, 0.29) is 5.97 Å². The van der Waals surface area contributed by atoms with Crippen LogP contribution in [0.1, 0.15) is 22.8 Å². The lowest BCUT2D eigenvalue weighted by Crippen LogP contribution is -2.09. The number of hydrogen-bond donors (Lipinski definition) is 1. The van der Waals surface area contributed by atoms with Gasteiger partial charge in [0.05, 0.1) is 17.8 Å². The van der Waals surface area contributed by atoms with Crippen molar-refractivity contribution in [2.24, 2.45) is 0 Å². The third kappa shape index (κ3) is 2.36. The van der Waals surface area contributed by atoms with Crippen LogP contribution in [0.5, 0.6) is 0 Å². The van der Waals surface area contributed by atoms with E-state index in [2.05, 4.69) is 10.3 Å². The number of fused-ring (bicyclic) bond motifs is 1. The van der Waals surface area contributed by atoms with Crippen molar-refractivity contribution < 1.29 is 9.53 Å². The number of rotatable bonds is 3. The van der Waals surface area contributed by atoms with Crippen LogP contribution in [0.4, 0.5) is 5.69 Å². The Balaban J connectivity index is 2.70. The SMILES string of the molecule is CCOC(=O)c1cnc2c(C)c(Cl)ccc2c1NC. The molecule has 19 heavy (non-hydrogen) atoms. The molecule has 0 atom stereocenters. The Labute approximate surface area is 116 Å². The second-order valence-corrected chi connectivity index (χ2v) is 4.49. The number of nitrogens with zero attached hydrogens (tertiary/aromatic N) is 1. The van der Waals surface area contributed by atoms with Crippen LogP contribution in [0.2, 0.25) is 5.02 Å². The Hall–Kier alpha value is -1.81. The molecule has 1 N–H and O–H groups in total. The maximum absolute atomic E-state index is 11.9. The highest BCUT2D eigenvalue weighted by atomic mass is 35.5. The number of carbonyl (C=O) groups excluding carboxylic acids is 1. The van der Waals surface area contributed by atoms with E-state index in [9.17, 15) is 4.79 Å². The zero-order valence-electron chi connectivity index (χ0n) is 11.1. The molecule has 0 bridgehead atoms. The molecule has 2 rings (SSSR count). The van der Waals surface area contributed by atoms with Crippen molar-refractivity contribution in [1.82, 2.24) is 4.98 Å². The average molecular weight is 279 g/mol. The van der Waals surface area contributed by atoms with Crippen molar-refractivity contribution in [3.63, 3.8) is 0 Å². The summed E-state index contributed by atoms with van der Waals surface area (Å²) < 4.78 is 5.03. The molecule has 0 spiro atoms. The molecule has 4 nitrogen and oxygen atoms in total. The zero-order chi connectivity index (χ0) is 14.0. The normalized spacial score (nSPS) is 10.5. The lowest BCUT2D eigenvalue weighted by Gasteiger charge is -2.12. The van der Waals surface area contributed by atoms with Gasteiger partial charge in [-0.15, -0.1) is 0 Å². The van der Waals surface area contributed by atoms with Gasteiger partial charge in [-0.3, -0.25) is 4.98 Å². The Morgan fingerprint density at radius 1 is 1.47 bits per heavy atom. The highest BCUT2D eigenvalue weighted by Crippen LogP contribution is 2.31. The molecule has 0 aliphatic carbocycles. The minimum absolute atomic E-state index is 0.333. The van der Waals surface area contributed by atoms with Crippen LogP contribution in [0.25, 0.3) is 10.9 Å². The number of ether oxygens (including phenoxy) is 1. The molecule has 0 unspecified atom stereocenters. The zero-order valence-corrected chi connectivity index (χ0v) is 11.8. The van der Waals surface area contributed by atoms with Crippen molar-refractivity contribution in [3.05, 3.63) is 34.5 Å². The summed E-state index contributed by atoms with van der Waals surface area (Å²) in [6.45, 7) is 4.01. The largest absolute Gasteiger partial charge is 0.462 e. The Kier molecular flexibility index (Phi) is 3.90. The van der Waals surface area contributed by atoms with Crippen LogP contribution >= 0.6 is 11.6 Å². The highest BCUT2D eigenvalue weighted by molar-refractivity contribution is 6.32. The standard InChI is InChI=1S/C14H15ClN2O2/c1-4-19-14(18)10-7-17-12-8(2)11(15)6-5-9(12)13(10)16-3/h5-7H,4H2,1-3H3,(H,16,17). The predicted octanol–water partition coefficient (Wildman–Crippen LogP) is 3.42. The number of anilines is 1. The molecule has 1 aromatic carbocycles. The van der Waals surface area contributed by atoms with Gasteiger partial charge in [0, 0.05) is 23.7 Å². The number of aromatic nitrogens is 1. The first-order valence-electron chi connectivity index (χ1n) is 6.02. The molecule has 0 aliphatic rings. The summed E-state index contributed by atoms with van der Waals surface area (Å²) in [7, 11) is 1.77. The number of esters is 1. The fourth-order valence-electron chi connectivity index (χ4n) is 2.02. The molecule has 0 radical (unpaired) electrons. The Morgan fingerprint density at radius 3 is 2.84 bits per heavy atom. The molecule has 100 valence electrons. The van der Waals surface area contributed by atoms with Crippen molar-refractivity contribution in [2.75, 3.05) is 19.0 Å². The van der Waals surface area contributed by atoms with Crippen molar-refractivity contribution >= 4 is 34.2 Å².